The Morgan fingerprint density at radius 1 is 1.17 bits per heavy atom. The lowest BCUT2D eigenvalue weighted by atomic mass is 10.1. The van der Waals surface area contributed by atoms with E-state index in [-0.39, 0.29) is 18.5 Å². The third kappa shape index (κ3) is 3.62. The number of aromatic nitrogens is 4. The highest BCUT2D eigenvalue weighted by molar-refractivity contribution is 5.81. The minimum absolute atomic E-state index is 0.103. The second-order valence-corrected chi connectivity index (χ2v) is 6.88. The highest BCUT2D eigenvalue weighted by Gasteiger charge is 2.44. The maximum Gasteiger partial charge on any atom is 0.167 e. The molecule has 1 fully saturated rings. The van der Waals surface area contributed by atoms with Crippen molar-refractivity contribution in [3.05, 3.63) is 42.5 Å². The molecule has 0 bridgehead atoms. The molecule has 4 rings (SSSR count). The quantitative estimate of drug-likeness (QED) is 0.548. The molecule has 0 unspecified atom stereocenters. The topological polar surface area (TPSA) is 138 Å². The van der Waals surface area contributed by atoms with Crippen molar-refractivity contribution in [2.24, 2.45) is 0 Å². The van der Waals surface area contributed by atoms with Crippen molar-refractivity contribution < 1.29 is 24.4 Å². The Kier molecular flexibility index (Phi) is 5.33. The zero-order valence-electron chi connectivity index (χ0n) is 16.0. The Labute approximate surface area is 166 Å². The van der Waals surface area contributed by atoms with Crippen molar-refractivity contribution in [2.75, 3.05) is 19.5 Å². The first-order chi connectivity index (χ1) is 14.0. The maximum absolute atomic E-state index is 10.5. The summed E-state index contributed by atoms with van der Waals surface area (Å²) in [6, 6.07) is 7.53. The van der Waals surface area contributed by atoms with Gasteiger partial charge in [-0.1, -0.05) is 12.1 Å². The third-order valence-electron chi connectivity index (χ3n) is 5.09. The van der Waals surface area contributed by atoms with Crippen LogP contribution in [0.5, 0.6) is 5.75 Å². The fraction of sp³-hybridized carbons (Fsp3) is 0.421. The van der Waals surface area contributed by atoms with Gasteiger partial charge in [0.05, 0.1) is 26.1 Å². The van der Waals surface area contributed by atoms with E-state index in [9.17, 15) is 10.2 Å². The molecular formula is C19H23N5O5. The first-order valence-corrected chi connectivity index (χ1v) is 9.19. The van der Waals surface area contributed by atoms with E-state index >= 15 is 0 Å². The van der Waals surface area contributed by atoms with Crippen LogP contribution in [0.15, 0.2) is 36.9 Å². The first kappa shape index (κ1) is 19.5. The predicted octanol–water partition coefficient (Wildman–Crippen LogP) is 0.814. The molecule has 0 aliphatic carbocycles. The number of hydrogen-bond donors (Lipinski definition) is 3. The van der Waals surface area contributed by atoms with Crippen LogP contribution in [0.4, 0.5) is 5.82 Å². The molecule has 3 heterocycles. The van der Waals surface area contributed by atoms with Gasteiger partial charge in [0, 0.05) is 0 Å². The number of nitrogens with zero attached hydrogens (tertiary/aromatic N) is 4. The van der Waals surface area contributed by atoms with E-state index in [0.29, 0.717) is 11.2 Å². The summed E-state index contributed by atoms with van der Waals surface area (Å²) in [5.41, 5.74) is 7.59. The SMILES string of the molecule is COc1ccc([C@H](C)OC[C@H]2O[C@@H](n3cnc4c(N)ncnc43)[C@H](O)[C@@H]2O)cc1. The van der Waals surface area contributed by atoms with Gasteiger partial charge in [0.15, 0.2) is 17.7 Å². The van der Waals surface area contributed by atoms with Crippen molar-refractivity contribution in [2.45, 2.75) is 37.6 Å². The number of methoxy groups -OCH3 is 1. The number of rotatable bonds is 6. The highest BCUT2D eigenvalue weighted by atomic mass is 16.6. The van der Waals surface area contributed by atoms with Gasteiger partial charge in [0.2, 0.25) is 0 Å². The smallest absolute Gasteiger partial charge is 0.167 e. The lowest BCUT2D eigenvalue weighted by Gasteiger charge is -2.19. The van der Waals surface area contributed by atoms with Gasteiger partial charge < -0.3 is 30.2 Å². The number of imidazole rings is 1. The normalized spacial score (nSPS) is 25.4. The molecule has 1 aliphatic rings. The fourth-order valence-electron chi connectivity index (χ4n) is 3.36. The Morgan fingerprint density at radius 2 is 1.93 bits per heavy atom. The molecule has 3 aromatic rings. The summed E-state index contributed by atoms with van der Waals surface area (Å²) in [7, 11) is 1.61. The van der Waals surface area contributed by atoms with Gasteiger partial charge in [-0.15, -0.1) is 0 Å². The predicted molar refractivity (Wildman–Crippen MR) is 103 cm³/mol. The minimum Gasteiger partial charge on any atom is -0.497 e. The van der Waals surface area contributed by atoms with Gasteiger partial charge >= 0.3 is 0 Å². The lowest BCUT2D eigenvalue weighted by molar-refractivity contribution is -0.0788. The van der Waals surface area contributed by atoms with Crippen molar-refractivity contribution in [1.29, 1.82) is 0 Å². The molecular weight excluding hydrogens is 378 g/mol. The van der Waals surface area contributed by atoms with E-state index < -0.39 is 24.5 Å². The summed E-state index contributed by atoms with van der Waals surface area (Å²) in [6.45, 7) is 2.01. The van der Waals surface area contributed by atoms with E-state index in [1.54, 1.807) is 7.11 Å². The summed E-state index contributed by atoms with van der Waals surface area (Å²) < 4.78 is 18.4. The molecule has 0 spiro atoms. The van der Waals surface area contributed by atoms with Gasteiger partial charge in [-0.3, -0.25) is 4.57 Å². The zero-order chi connectivity index (χ0) is 20.5. The monoisotopic (exact) mass is 401 g/mol. The van der Waals surface area contributed by atoms with Crippen LogP contribution in [0, 0.1) is 0 Å². The minimum atomic E-state index is -1.17. The van der Waals surface area contributed by atoms with Gasteiger partial charge in [0.1, 0.15) is 35.9 Å². The van der Waals surface area contributed by atoms with E-state index in [1.165, 1.54) is 17.2 Å². The van der Waals surface area contributed by atoms with Crippen molar-refractivity contribution in [1.82, 2.24) is 19.5 Å². The Morgan fingerprint density at radius 3 is 2.66 bits per heavy atom. The van der Waals surface area contributed by atoms with Crippen LogP contribution in [0.1, 0.15) is 24.8 Å². The van der Waals surface area contributed by atoms with Crippen molar-refractivity contribution >= 4 is 17.0 Å². The van der Waals surface area contributed by atoms with Crippen molar-refractivity contribution in [3.8, 4) is 5.75 Å². The molecule has 0 saturated carbocycles. The Hall–Kier alpha value is -2.79. The van der Waals surface area contributed by atoms with Gasteiger partial charge in [-0.2, -0.15) is 0 Å². The maximum atomic E-state index is 10.5. The summed E-state index contributed by atoms with van der Waals surface area (Å²) >= 11 is 0. The van der Waals surface area contributed by atoms with Crippen LogP contribution in [-0.4, -0.2) is 61.8 Å². The highest BCUT2D eigenvalue weighted by Crippen LogP contribution is 2.33. The number of fused-ring (bicyclic) bond motifs is 1. The molecule has 2 aromatic heterocycles. The molecule has 4 N–H and O–H groups in total. The summed E-state index contributed by atoms with van der Waals surface area (Å²) in [6.07, 6.45) is -1.34. The van der Waals surface area contributed by atoms with Gasteiger partial charge in [-0.25, -0.2) is 15.0 Å². The van der Waals surface area contributed by atoms with E-state index in [4.69, 9.17) is 19.9 Å². The number of benzene rings is 1. The number of ether oxygens (including phenoxy) is 3. The van der Waals surface area contributed by atoms with Crippen LogP contribution < -0.4 is 10.5 Å². The fourth-order valence-corrected chi connectivity index (χ4v) is 3.36. The molecule has 10 heteroatoms. The number of anilines is 1. The molecule has 5 atom stereocenters. The number of aliphatic hydroxyl groups excluding tert-OH is 2. The molecule has 10 nitrogen and oxygen atoms in total. The van der Waals surface area contributed by atoms with Crippen molar-refractivity contribution in [3.63, 3.8) is 0 Å². The van der Waals surface area contributed by atoms with Crippen LogP contribution >= 0.6 is 0 Å². The number of nitrogen functional groups attached to an aromatic ring is 1. The molecule has 1 saturated heterocycles. The van der Waals surface area contributed by atoms with Crippen LogP contribution in [0.2, 0.25) is 0 Å². The third-order valence-corrected chi connectivity index (χ3v) is 5.09. The number of hydrogen-bond acceptors (Lipinski definition) is 9. The molecule has 1 aliphatic heterocycles. The van der Waals surface area contributed by atoms with E-state index in [2.05, 4.69) is 15.0 Å². The molecule has 0 amide bonds. The zero-order valence-corrected chi connectivity index (χ0v) is 16.0. The molecule has 154 valence electrons. The summed E-state index contributed by atoms with van der Waals surface area (Å²) in [4.78, 5) is 12.2. The van der Waals surface area contributed by atoms with Gasteiger partial charge in [0.25, 0.3) is 0 Å². The molecule has 1 aromatic carbocycles. The second kappa shape index (κ2) is 7.91. The van der Waals surface area contributed by atoms with E-state index in [0.717, 1.165) is 11.3 Å². The average molecular weight is 401 g/mol. The number of aliphatic hydroxyl groups is 2. The Balaban J connectivity index is 1.45. The summed E-state index contributed by atoms with van der Waals surface area (Å²) in [5, 5.41) is 20.9. The van der Waals surface area contributed by atoms with Gasteiger partial charge in [-0.05, 0) is 24.6 Å². The van der Waals surface area contributed by atoms with Crippen LogP contribution in [-0.2, 0) is 9.47 Å². The first-order valence-electron chi connectivity index (χ1n) is 9.19. The molecule has 29 heavy (non-hydrogen) atoms. The Bertz CT molecular complexity index is 979. The standard InChI is InChI=1S/C19H23N5O5/c1-10(11-3-5-12(27-2)6-4-11)28-7-13-15(25)16(26)19(29-13)24-9-23-14-17(20)21-8-22-18(14)24/h3-6,8-10,13,15-16,19,25-26H,7H2,1-2H3,(H2,20,21,22)/t10-,13+,15+,16+,19+/m0/s1. The van der Waals surface area contributed by atoms with E-state index in [1.807, 2.05) is 31.2 Å². The van der Waals surface area contributed by atoms with Crippen LogP contribution in [0.3, 0.4) is 0 Å². The summed E-state index contributed by atoms with van der Waals surface area (Å²) in [5.74, 6) is 0.994. The number of nitrogens with two attached hydrogens (primary N) is 1. The lowest BCUT2D eigenvalue weighted by Crippen LogP contribution is -2.34. The second-order valence-electron chi connectivity index (χ2n) is 6.88. The average Bonchev–Trinajstić information content (AvgIpc) is 3.29. The largest absolute Gasteiger partial charge is 0.497 e. The molecule has 0 radical (unpaired) electrons. The van der Waals surface area contributed by atoms with Crippen LogP contribution in [0.25, 0.3) is 11.2 Å².